The number of hydrogen-bond acceptors (Lipinski definition) is 9. The molecule has 1 N–H and O–H groups in total. The molecule has 0 aromatic heterocycles. The van der Waals surface area contributed by atoms with Gasteiger partial charge in [0, 0.05) is 17.2 Å². The highest BCUT2D eigenvalue weighted by Crippen LogP contribution is 2.35. The van der Waals surface area contributed by atoms with Crippen LogP contribution >= 0.6 is 0 Å². The molecule has 0 aliphatic carbocycles. The Morgan fingerprint density at radius 1 is 0.972 bits per heavy atom. The van der Waals surface area contributed by atoms with Crippen LogP contribution in [0.15, 0.2) is 65.8 Å². The number of non-ortho nitro benzene ring substituents is 1. The molecule has 0 spiro atoms. The maximum Gasteiger partial charge on any atom is 0.318 e. The van der Waals surface area contributed by atoms with Gasteiger partial charge in [-0.25, -0.2) is 5.43 Å². The molecule has 0 saturated carbocycles. The minimum atomic E-state index is -0.772. The van der Waals surface area contributed by atoms with Crippen molar-refractivity contribution in [2.45, 2.75) is 13.3 Å². The number of hydrazone groups is 1. The first kappa shape index (κ1) is 25.6. The molecule has 0 heterocycles. The Balaban J connectivity index is 1.76. The number of benzene rings is 3. The van der Waals surface area contributed by atoms with E-state index in [9.17, 15) is 25.0 Å². The standard InChI is InChI=1S/C24H22N4O8/c1-3-12-35-22-10-8-16(13-23(22)34-2)24(29)26-25-15-17-6-4-5-7-20(17)36-21-11-9-18(27(30)31)14-19(21)28(32)33/h4-11,13-15H,3,12H2,1-2H3,(H,26,29)/b25-15+. The van der Waals surface area contributed by atoms with Crippen molar-refractivity contribution in [3.8, 4) is 23.0 Å². The third kappa shape index (κ3) is 6.32. The molecule has 0 fully saturated rings. The second-order valence-electron chi connectivity index (χ2n) is 7.22. The average Bonchev–Trinajstić information content (AvgIpc) is 2.88. The van der Waals surface area contributed by atoms with Crippen molar-refractivity contribution in [3.05, 3.63) is 92.0 Å². The number of nitrogens with one attached hydrogen (secondary N) is 1. The second-order valence-corrected chi connectivity index (χ2v) is 7.22. The molecule has 12 heteroatoms. The summed E-state index contributed by atoms with van der Waals surface area (Å²) in [5.74, 6) is 0.421. The van der Waals surface area contributed by atoms with Crippen molar-refractivity contribution in [3.63, 3.8) is 0 Å². The van der Waals surface area contributed by atoms with Gasteiger partial charge in [-0.05, 0) is 42.8 Å². The molecule has 186 valence electrons. The van der Waals surface area contributed by atoms with Crippen molar-refractivity contribution < 1.29 is 28.9 Å². The van der Waals surface area contributed by atoms with Gasteiger partial charge in [0.15, 0.2) is 11.5 Å². The highest BCUT2D eigenvalue weighted by Gasteiger charge is 2.21. The van der Waals surface area contributed by atoms with Crippen LogP contribution in [0.3, 0.4) is 0 Å². The summed E-state index contributed by atoms with van der Waals surface area (Å²) in [7, 11) is 1.47. The van der Waals surface area contributed by atoms with Crippen molar-refractivity contribution in [2.75, 3.05) is 13.7 Å². The van der Waals surface area contributed by atoms with E-state index in [0.29, 0.717) is 29.2 Å². The summed E-state index contributed by atoms with van der Waals surface area (Å²) in [5, 5.41) is 26.3. The van der Waals surface area contributed by atoms with Crippen LogP contribution in [0, 0.1) is 20.2 Å². The van der Waals surface area contributed by atoms with Gasteiger partial charge in [0.2, 0.25) is 5.75 Å². The number of hydrogen-bond donors (Lipinski definition) is 1. The summed E-state index contributed by atoms with van der Waals surface area (Å²) in [5.41, 5.74) is 2.08. The van der Waals surface area contributed by atoms with Gasteiger partial charge in [0.25, 0.3) is 11.6 Å². The van der Waals surface area contributed by atoms with Crippen molar-refractivity contribution in [1.82, 2.24) is 5.43 Å². The molecular weight excluding hydrogens is 472 g/mol. The summed E-state index contributed by atoms with van der Waals surface area (Å²) in [4.78, 5) is 33.4. The molecule has 0 unspecified atom stereocenters. The lowest BCUT2D eigenvalue weighted by atomic mass is 10.2. The number of para-hydroxylation sites is 1. The molecule has 3 aromatic rings. The van der Waals surface area contributed by atoms with E-state index in [-0.39, 0.29) is 11.5 Å². The van der Waals surface area contributed by atoms with Gasteiger partial charge in [0.1, 0.15) is 5.75 Å². The number of ether oxygens (including phenoxy) is 3. The second kappa shape index (κ2) is 11.9. The molecule has 0 bridgehead atoms. The fraction of sp³-hybridized carbons (Fsp3) is 0.167. The molecule has 0 aliphatic rings. The van der Waals surface area contributed by atoms with Gasteiger partial charge >= 0.3 is 5.69 Å². The van der Waals surface area contributed by atoms with Crippen LogP contribution in [-0.4, -0.2) is 35.7 Å². The van der Waals surface area contributed by atoms with E-state index in [1.165, 1.54) is 25.5 Å². The quantitative estimate of drug-likeness (QED) is 0.225. The average molecular weight is 494 g/mol. The number of nitrogens with zero attached hydrogens (tertiary/aromatic N) is 3. The van der Waals surface area contributed by atoms with E-state index in [0.717, 1.165) is 24.6 Å². The highest BCUT2D eigenvalue weighted by molar-refractivity contribution is 5.95. The van der Waals surface area contributed by atoms with E-state index in [1.807, 2.05) is 6.92 Å². The minimum absolute atomic E-state index is 0.187. The number of amides is 1. The van der Waals surface area contributed by atoms with Crippen LogP contribution in [0.4, 0.5) is 11.4 Å². The van der Waals surface area contributed by atoms with Crippen LogP contribution in [0.2, 0.25) is 0 Å². The van der Waals surface area contributed by atoms with E-state index in [2.05, 4.69) is 10.5 Å². The van der Waals surface area contributed by atoms with Crippen LogP contribution in [0.1, 0.15) is 29.3 Å². The molecular formula is C24H22N4O8. The van der Waals surface area contributed by atoms with Crippen LogP contribution in [0.25, 0.3) is 0 Å². The Morgan fingerprint density at radius 3 is 2.42 bits per heavy atom. The van der Waals surface area contributed by atoms with Crippen LogP contribution in [-0.2, 0) is 0 Å². The van der Waals surface area contributed by atoms with E-state index in [1.54, 1.807) is 30.3 Å². The molecule has 36 heavy (non-hydrogen) atoms. The summed E-state index contributed by atoms with van der Waals surface area (Å²) in [6.07, 6.45) is 2.13. The molecule has 12 nitrogen and oxygen atoms in total. The van der Waals surface area contributed by atoms with Crippen molar-refractivity contribution >= 4 is 23.5 Å². The van der Waals surface area contributed by atoms with Crippen LogP contribution < -0.4 is 19.6 Å². The first-order chi connectivity index (χ1) is 17.3. The van der Waals surface area contributed by atoms with Gasteiger partial charge in [0.05, 0.1) is 35.8 Å². The lowest BCUT2D eigenvalue weighted by Crippen LogP contribution is -2.17. The molecule has 3 aromatic carbocycles. The molecule has 3 rings (SSSR count). The zero-order valence-corrected chi connectivity index (χ0v) is 19.4. The Hall–Kier alpha value is -5.00. The lowest BCUT2D eigenvalue weighted by molar-refractivity contribution is -0.394. The summed E-state index contributed by atoms with van der Waals surface area (Å²) >= 11 is 0. The maximum absolute atomic E-state index is 12.5. The Bertz CT molecular complexity index is 1310. The fourth-order valence-electron chi connectivity index (χ4n) is 3.01. The largest absolute Gasteiger partial charge is 0.493 e. The molecule has 1 amide bonds. The zero-order chi connectivity index (χ0) is 26.1. The predicted octanol–water partition coefficient (Wildman–Crippen LogP) is 4.86. The summed E-state index contributed by atoms with van der Waals surface area (Å²) in [6.45, 7) is 2.49. The highest BCUT2D eigenvalue weighted by atomic mass is 16.6. The molecule has 0 radical (unpaired) electrons. The van der Waals surface area contributed by atoms with Crippen LogP contribution in [0.5, 0.6) is 23.0 Å². The summed E-state index contributed by atoms with van der Waals surface area (Å²) in [6, 6.07) is 14.3. The van der Waals surface area contributed by atoms with E-state index >= 15 is 0 Å². The zero-order valence-electron chi connectivity index (χ0n) is 19.4. The Labute approximate surface area is 205 Å². The van der Waals surface area contributed by atoms with E-state index < -0.39 is 27.1 Å². The first-order valence-electron chi connectivity index (χ1n) is 10.7. The lowest BCUT2D eigenvalue weighted by Gasteiger charge is -2.11. The summed E-state index contributed by atoms with van der Waals surface area (Å²) < 4.78 is 16.5. The van der Waals surface area contributed by atoms with Gasteiger partial charge < -0.3 is 14.2 Å². The smallest absolute Gasteiger partial charge is 0.318 e. The predicted molar refractivity (Wildman–Crippen MR) is 130 cm³/mol. The number of carbonyl (C=O) groups excluding carboxylic acids is 1. The van der Waals surface area contributed by atoms with E-state index in [4.69, 9.17) is 14.2 Å². The van der Waals surface area contributed by atoms with Gasteiger partial charge in [-0.15, -0.1) is 0 Å². The van der Waals surface area contributed by atoms with Gasteiger partial charge in [-0.3, -0.25) is 25.0 Å². The normalized spacial score (nSPS) is 10.6. The number of rotatable bonds is 11. The number of nitro benzene ring substituents is 2. The first-order valence-corrected chi connectivity index (χ1v) is 10.7. The maximum atomic E-state index is 12.5. The minimum Gasteiger partial charge on any atom is -0.493 e. The third-order valence-electron chi connectivity index (χ3n) is 4.75. The Kier molecular flexibility index (Phi) is 8.49. The number of nitro groups is 2. The SMILES string of the molecule is CCCOc1ccc(C(=O)N/N=C/c2ccccc2Oc2ccc([N+](=O)[O-])cc2[N+](=O)[O-])cc1OC. The number of methoxy groups -OCH3 is 1. The fourth-order valence-corrected chi connectivity index (χ4v) is 3.01. The number of carbonyl (C=O) groups is 1. The molecule has 0 saturated heterocycles. The van der Waals surface area contributed by atoms with Crippen molar-refractivity contribution in [2.24, 2.45) is 5.10 Å². The topological polar surface area (TPSA) is 155 Å². The molecule has 0 aliphatic heterocycles. The van der Waals surface area contributed by atoms with Crippen molar-refractivity contribution in [1.29, 1.82) is 0 Å². The molecule has 0 atom stereocenters. The van der Waals surface area contributed by atoms with Gasteiger partial charge in [-0.1, -0.05) is 19.1 Å². The van der Waals surface area contributed by atoms with Gasteiger partial charge in [-0.2, -0.15) is 5.10 Å². The monoisotopic (exact) mass is 494 g/mol. The third-order valence-corrected chi connectivity index (χ3v) is 4.75. The Morgan fingerprint density at radius 2 is 1.72 bits per heavy atom.